The lowest BCUT2D eigenvalue weighted by atomic mass is 10.1. The molecule has 1 fully saturated rings. The summed E-state index contributed by atoms with van der Waals surface area (Å²) < 4.78 is 25.8. The Morgan fingerprint density at radius 1 is 1.35 bits per heavy atom. The lowest BCUT2D eigenvalue weighted by Gasteiger charge is -2.35. The van der Waals surface area contributed by atoms with Gasteiger partial charge in [-0.1, -0.05) is 0 Å². The van der Waals surface area contributed by atoms with E-state index >= 15 is 0 Å². The van der Waals surface area contributed by atoms with Crippen LogP contribution >= 0.6 is 0 Å². The Bertz CT molecular complexity index is 548. The van der Waals surface area contributed by atoms with Crippen molar-refractivity contribution in [2.75, 3.05) is 18.8 Å². The van der Waals surface area contributed by atoms with Crippen molar-refractivity contribution in [3.8, 4) is 0 Å². The molecule has 0 amide bonds. The highest BCUT2D eigenvalue weighted by Crippen LogP contribution is 2.27. The fourth-order valence-corrected chi connectivity index (χ4v) is 3.72. The molecule has 0 bridgehead atoms. The summed E-state index contributed by atoms with van der Waals surface area (Å²) in [5, 5.41) is 9.18. The van der Waals surface area contributed by atoms with Crippen molar-refractivity contribution in [3.63, 3.8) is 0 Å². The van der Waals surface area contributed by atoms with Crippen LogP contribution in [-0.2, 0) is 10.0 Å². The topological polar surface area (TPSA) is 83.6 Å². The average molecular weight is 256 g/mol. The van der Waals surface area contributed by atoms with Crippen molar-refractivity contribution >= 4 is 15.7 Å². The Morgan fingerprint density at radius 2 is 1.94 bits per heavy atom. The third-order valence-electron chi connectivity index (χ3n) is 3.09. The minimum Gasteiger partial charge on any atom is -0.399 e. The van der Waals surface area contributed by atoms with E-state index in [1.165, 1.54) is 10.4 Å². The number of nitrogens with two attached hydrogens (primary N) is 1. The van der Waals surface area contributed by atoms with E-state index in [1.807, 2.05) is 6.92 Å². The van der Waals surface area contributed by atoms with E-state index in [-0.39, 0.29) is 18.0 Å². The van der Waals surface area contributed by atoms with Crippen LogP contribution in [0, 0.1) is 13.8 Å². The number of sulfonamides is 1. The number of hydrogen-bond donors (Lipinski definition) is 2. The van der Waals surface area contributed by atoms with Gasteiger partial charge in [-0.2, -0.15) is 4.31 Å². The molecular formula is C11H16N2O3S. The second-order valence-electron chi connectivity index (χ2n) is 4.44. The smallest absolute Gasteiger partial charge is 0.243 e. The van der Waals surface area contributed by atoms with Gasteiger partial charge in [0.15, 0.2) is 0 Å². The highest BCUT2D eigenvalue weighted by molar-refractivity contribution is 7.89. The van der Waals surface area contributed by atoms with Crippen LogP contribution in [0.5, 0.6) is 0 Å². The third kappa shape index (κ3) is 2.03. The number of β-amino-alcohol motifs (C(OH)–C–C–N with tert-alkyl or cyclic N) is 1. The van der Waals surface area contributed by atoms with Crippen molar-refractivity contribution in [3.05, 3.63) is 23.3 Å². The van der Waals surface area contributed by atoms with Gasteiger partial charge >= 0.3 is 0 Å². The van der Waals surface area contributed by atoms with Crippen molar-refractivity contribution in [2.45, 2.75) is 24.8 Å². The van der Waals surface area contributed by atoms with Crippen LogP contribution < -0.4 is 5.73 Å². The molecule has 0 atom stereocenters. The number of benzene rings is 1. The van der Waals surface area contributed by atoms with Crippen LogP contribution in [0.25, 0.3) is 0 Å². The Balaban J connectivity index is 2.47. The molecule has 0 unspecified atom stereocenters. The van der Waals surface area contributed by atoms with E-state index < -0.39 is 16.1 Å². The summed E-state index contributed by atoms with van der Waals surface area (Å²) in [6, 6.07) is 3.22. The van der Waals surface area contributed by atoms with Crippen LogP contribution in [-0.4, -0.2) is 37.0 Å². The lowest BCUT2D eigenvalue weighted by molar-refractivity contribution is 0.0547. The number of aliphatic hydroxyl groups is 1. The monoisotopic (exact) mass is 256 g/mol. The first-order valence-electron chi connectivity index (χ1n) is 5.37. The van der Waals surface area contributed by atoms with Crippen LogP contribution in [0.15, 0.2) is 17.0 Å². The number of hydrogen-bond acceptors (Lipinski definition) is 4. The molecular weight excluding hydrogens is 240 g/mol. The molecule has 1 aliphatic rings. The largest absolute Gasteiger partial charge is 0.399 e. The van der Waals surface area contributed by atoms with Gasteiger partial charge < -0.3 is 10.8 Å². The van der Waals surface area contributed by atoms with E-state index in [0.717, 1.165) is 5.56 Å². The van der Waals surface area contributed by atoms with E-state index in [1.54, 1.807) is 13.0 Å². The molecule has 0 aromatic heterocycles. The molecule has 1 saturated heterocycles. The normalized spacial score (nSPS) is 18.1. The van der Waals surface area contributed by atoms with Crippen LogP contribution in [0.1, 0.15) is 11.1 Å². The summed E-state index contributed by atoms with van der Waals surface area (Å²) in [6.07, 6.45) is -0.549. The SMILES string of the molecule is Cc1cc(N)cc(S(=O)(=O)N2CC(O)C2)c1C. The Kier molecular flexibility index (Phi) is 2.89. The molecule has 0 spiro atoms. The zero-order valence-corrected chi connectivity index (χ0v) is 10.7. The molecule has 6 heteroatoms. The van der Waals surface area contributed by atoms with Crippen molar-refractivity contribution in [1.29, 1.82) is 0 Å². The van der Waals surface area contributed by atoms with Crippen molar-refractivity contribution in [1.82, 2.24) is 4.31 Å². The average Bonchev–Trinajstić information content (AvgIpc) is 2.18. The molecule has 1 aliphatic heterocycles. The standard InChI is InChI=1S/C11H16N2O3S/c1-7-3-9(12)4-11(8(7)2)17(15,16)13-5-10(14)6-13/h3-4,10,14H,5-6,12H2,1-2H3. The van der Waals surface area contributed by atoms with Crippen molar-refractivity contribution < 1.29 is 13.5 Å². The summed E-state index contributed by atoms with van der Waals surface area (Å²) in [7, 11) is -3.52. The predicted molar refractivity (Wildman–Crippen MR) is 65.1 cm³/mol. The second kappa shape index (κ2) is 3.97. The second-order valence-corrected chi connectivity index (χ2v) is 6.34. The van der Waals surface area contributed by atoms with Gasteiger partial charge in [0.25, 0.3) is 0 Å². The summed E-state index contributed by atoms with van der Waals surface area (Å²) in [4.78, 5) is 0.238. The zero-order valence-electron chi connectivity index (χ0n) is 9.84. The molecule has 1 aromatic carbocycles. The Hall–Kier alpha value is -1.11. The van der Waals surface area contributed by atoms with Gasteiger partial charge in [0.2, 0.25) is 10.0 Å². The van der Waals surface area contributed by atoms with Crippen molar-refractivity contribution in [2.24, 2.45) is 0 Å². The maximum absolute atomic E-state index is 12.2. The summed E-state index contributed by atoms with van der Waals surface area (Å²) in [5.74, 6) is 0. The van der Waals surface area contributed by atoms with Gasteiger partial charge in [-0.05, 0) is 37.1 Å². The lowest BCUT2D eigenvalue weighted by Crippen LogP contribution is -2.53. The number of aryl methyl sites for hydroxylation is 1. The van der Waals surface area contributed by atoms with Gasteiger partial charge in [-0.3, -0.25) is 0 Å². The molecule has 5 nitrogen and oxygen atoms in total. The number of aliphatic hydroxyl groups excluding tert-OH is 1. The maximum Gasteiger partial charge on any atom is 0.243 e. The molecule has 2 rings (SSSR count). The zero-order chi connectivity index (χ0) is 12.8. The summed E-state index contributed by atoms with van der Waals surface area (Å²) >= 11 is 0. The van der Waals surface area contributed by atoms with Gasteiger partial charge in [-0.25, -0.2) is 8.42 Å². The van der Waals surface area contributed by atoms with Crippen LogP contribution in [0.3, 0.4) is 0 Å². The molecule has 0 saturated carbocycles. The highest BCUT2D eigenvalue weighted by Gasteiger charge is 2.36. The van der Waals surface area contributed by atoms with Gasteiger partial charge in [-0.15, -0.1) is 0 Å². The molecule has 0 aliphatic carbocycles. The fourth-order valence-electron chi connectivity index (χ4n) is 1.87. The Labute approximate surface area is 101 Å². The third-order valence-corrected chi connectivity index (χ3v) is 5.05. The Morgan fingerprint density at radius 3 is 2.47 bits per heavy atom. The van der Waals surface area contributed by atoms with E-state index in [0.29, 0.717) is 11.3 Å². The number of nitrogens with zero attached hydrogens (tertiary/aromatic N) is 1. The van der Waals surface area contributed by atoms with E-state index in [2.05, 4.69) is 0 Å². The maximum atomic E-state index is 12.2. The molecule has 1 heterocycles. The first-order chi connectivity index (χ1) is 7.82. The predicted octanol–water partition coefficient (Wildman–Crippen LogP) is 0.251. The van der Waals surface area contributed by atoms with Crippen LogP contribution in [0.2, 0.25) is 0 Å². The summed E-state index contributed by atoms with van der Waals surface area (Å²) in [5.41, 5.74) is 7.68. The molecule has 1 aromatic rings. The number of nitrogen functional groups attached to an aromatic ring is 1. The minimum atomic E-state index is -3.52. The summed E-state index contributed by atoms with van der Waals surface area (Å²) in [6.45, 7) is 3.92. The van der Waals surface area contributed by atoms with Gasteiger partial charge in [0, 0.05) is 18.8 Å². The van der Waals surface area contributed by atoms with E-state index in [4.69, 9.17) is 5.73 Å². The minimum absolute atomic E-state index is 0.162. The fraction of sp³-hybridized carbons (Fsp3) is 0.455. The first-order valence-corrected chi connectivity index (χ1v) is 6.81. The first kappa shape index (κ1) is 12.3. The van der Waals surface area contributed by atoms with Crippen LogP contribution in [0.4, 0.5) is 5.69 Å². The molecule has 17 heavy (non-hydrogen) atoms. The quantitative estimate of drug-likeness (QED) is 0.743. The van der Waals surface area contributed by atoms with Gasteiger partial charge in [0.05, 0.1) is 11.0 Å². The van der Waals surface area contributed by atoms with Gasteiger partial charge in [0.1, 0.15) is 0 Å². The highest BCUT2D eigenvalue weighted by atomic mass is 32.2. The van der Waals surface area contributed by atoms with E-state index in [9.17, 15) is 13.5 Å². The molecule has 94 valence electrons. The number of rotatable bonds is 2. The molecule has 3 N–H and O–H groups in total. The number of anilines is 1. The molecule has 0 radical (unpaired) electrons.